The van der Waals surface area contributed by atoms with Gasteiger partial charge < -0.3 is 15.1 Å². The normalized spacial score (nSPS) is 17.9. The van der Waals surface area contributed by atoms with Crippen LogP contribution in [0.5, 0.6) is 0 Å². The van der Waals surface area contributed by atoms with Crippen LogP contribution in [-0.2, 0) is 12.8 Å². The van der Waals surface area contributed by atoms with Crippen molar-refractivity contribution in [3.63, 3.8) is 0 Å². The standard InChI is InChI=1S/C20H29N3O2/c1-20(2,3)21-19(25)23-11-5-10-22(12-13-23)18(24)17-9-8-15-6-4-7-16(15)14-17/h8-9,14H,4-7,10-13H2,1-3H3,(H,21,25). The summed E-state index contributed by atoms with van der Waals surface area (Å²) in [5.74, 6) is 0.0905. The number of urea groups is 1. The first-order valence-corrected chi connectivity index (χ1v) is 9.32. The van der Waals surface area contributed by atoms with Crippen molar-refractivity contribution in [2.45, 2.75) is 52.0 Å². The van der Waals surface area contributed by atoms with Gasteiger partial charge in [0.05, 0.1) is 0 Å². The van der Waals surface area contributed by atoms with Crippen LogP contribution in [0, 0.1) is 0 Å². The van der Waals surface area contributed by atoms with Crippen molar-refractivity contribution in [2.75, 3.05) is 26.2 Å². The highest BCUT2D eigenvalue weighted by Crippen LogP contribution is 2.23. The van der Waals surface area contributed by atoms with Gasteiger partial charge in [0.1, 0.15) is 0 Å². The molecule has 1 saturated heterocycles. The van der Waals surface area contributed by atoms with E-state index in [2.05, 4.69) is 17.4 Å². The van der Waals surface area contributed by atoms with Crippen molar-refractivity contribution in [3.05, 3.63) is 34.9 Å². The Hall–Kier alpha value is -2.04. The van der Waals surface area contributed by atoms with Gasteiger partial charge in [-0.1, -0.05) is 6.07 Å². The molecule has 3 rings (SSSR count). The molecule has 5 heteroatoms. The van der Waals surface area contributed by atoms with E-state index in [0.717, 1.165) is 24.8 Å². The lowest BCUT2D eigenvalue weighted by molar-refractivity contribution is 0.0762. The molecule has 1 aliphatic heterocycles. The molecule has 0 bridgehead atoms. The van der Waals surface area contributed by atoms with Crippen molar-refractivity contribution in [1.29, 1.82) is 0 Å². The lowest BCUT2D eigenvalue weighted by atomic mass is 10.1. The molecule has 136 valence electrons. The Morgan fingerprint density at radius 2 is 1.60 bits per heavy atom. The number of hydrogen-bond donors (Lipinski definition) is 1. The minimum Gasteiger partial charge on any atom is -0.337 e. The number of fused-ring (bicyclic) bond motifs is 1. The highest BCUT2D eigenvalue weighted by atomic mass is 16.2. The third kappa shape index (κ3) is 4.33. The smallest absolute Gasteiger partial charge is 0.317 e. The van der Waals surface area contributed by atoms with Crippen LogP contribution in [0.4, 0.5) is 4.79 Å². The Morgan fingerprint density at radius 3 is 2.36 bits per heavy atom. The Morgan fingerprint density at radius 1 is 0.920 bits per heavy atom. The summed E-state index contributed by atoms with van der Waals surface area (Å²) in [6.07, 6.45) is 4.21. The van der Waals surface area contributed by atoms with Crippen LogP contribution in [0.25, 0.3) is 0 Å². The average Bonchev–Trinajstić information content (AvgIpc) is 2.86. The Bertz CT molecular complexity index is 663. The molecule has 1 fully saturated rings. The van der Waals surface area contributed by atoms with Crippen LogP contribution in [0.15, 0.2) is 18.2 Å². The Balaban J connectivity index is 1.63. The van der Waals surface area contributed by atoms with Crippen LogP contribution in [0.3, 0.4) is 0 Å². The van der Waals surface area contributed by atoms with Crippen LogP contribution in [0.1, 0.15) is 55.1 Å². The van der Waals surface area contributed by atoms with Crippen LogP contribution >= 0.6 is 0 Å². The molecule has 0 spiro atoms. The molecule has 2 aliphatic rings. The number of nitrogens with zero attached hydrogens (tertiary/aromatic N) is 2. The van der Waals surface area contributed by atoms with E-state index in [4.69, 9.17) is 0 Å². The maximum Gasteiger partial charge on any atom is 0.317 e. The molecule has 5 nitrogen and oxygen atoms in total. The summed E-state index contributed by atoms with van der Waals surface area (Å²) < 4.78 is 0. The molecule has 0 atom stereocenters. The second-order valence-electron chi connectivity index (χ2n) is 8.15. The average molecular weight is 343 g/mol. The number of aryl methyl sites for hydroxylation is 2. The molecule has 1 aliphatic carbocycles. The Kier molecular flexibility index (Phi) is 5.02. The van der Waals surface area contributed by atoms with Crippen LogP contribution in [0.2, 0.25) is 0 Å². The van der Waals surface area contributed by atoms with Crippen molar-refractivity contribution in [2.24, 2.45) is 0 Å². The summed E-state index contributed by atoms with van der Waals surface area (Å²) in [5, 5.41) is 3.00. The summed E-state index contributed by atoms with van der Waals surface area (Å²) in [6.45, 7) is 8.50. The monoisotopic (exact) mass is 343 g/mol. The molecule has 1 N–H and O–H groups in total. The van der Waals surface area contributed by atoms with Crippen molar-refractivity contribution < 1.29 is 9.59 Å². The molecule has 1 aromatic carbocycles. The third-order valence-corrected chi connectivity index (χ3v) is 4.90. The zero-order chi connectivity index (χ0) is 18.0. The first-order chi connectivity index (χ1) is 11.8. The predicted molar refractivity (Wildman–Crippen MR) is 98.8 cm³/mol. The third-order valence-electron chi connectivity index (χ3n) is 4.90. The minimum atomic E-state index is -0.247. The molecule has 0 saturated carbocycles. The Labute approximate surface area is 150 Å². The molecule has 0 radical (unpaired) electrons. The van der Waals surface area contributed by atoms with Gasteiger partial charge in [-0.3, -0.25) is 4.79 Å². The first kappa shape index (κ1) is 17.8. The van der Waals surface area contributed by atoms with Gasteiger partial charge in [-0.25, -0.2) is 4.79 Å². The second-order valence-corrected chi connectivity index (χ2v) is 8.15. The molecule has 25 heavy (non-hydrogen) atoms. The molecule has 0 unspecified atom stereocenters. The fraction of sp³-hybridized carbons (Fsp3) is 0.600. The lowest BCUT2D eigenvalue weighted by Gasteiger charge is -2.27. The fourth-order valence-corrected chi connectivity index (χ4v) is 3.61. The van der Waals surface area contributed by atoms with E-state index in [9.17, 15) is 9.59 Å². The van der Waals surface area contributed by atoms with Gasteiger partial charge in [-0.2, -0.15) is 0 Å². The van der Waals surface area contributed by atoms with Crippen molar-refractivity contribution in [3.8, 4) is 0 Å². The number of nitrogens with one attached hydrogen (secondary N) is 1. The van der Waals surface area contributed by atoms with Gasteiger partial charge in [0, 0.05) is 37.3 Å². The summed E-state index contributed by atoms with van der Waals surface area (Å²) in [4.78, 5) is 28.9. The van der Waals surface area contributed by atoms with Gasteiger partial charge in [-0.15, -0.1) is 0 Å². The highest BCUT2D eigenvalue weighted by molar-refractivity contribution is 5.94. The first-order valence-electron chi connectivity index (χ1n) is 9.32. The topological polar surface area (TPSA) is 52.7 Å². The summed E-state index contributed by atoms with van der Waals surface area (Å²) >= 11 is 0. The van der Waals surface area contributed by atoms with E-state index in [-0.39, 0.29) is 17.5 Å². The van der Waals surface area contributed by atoms with Gasteiger partial charge in [0.2, 0.25) is 0 Å². The van der Waals surface area contributed by atoms with Crippen molar-refractivity contribution >= 4 is 11.9 Å². The van der Waals surface area contributed by atoms with E-state index in [0.29, 0.717) is 26.2 Å². The second kappa shape index (κ2) is 7.06. The number of hydrogen-bond acceptors (Lipinski definition) is 2. The molecule has 3 amide bonds. The number of benzene rings is 1. The molecular weight excluding hydrogens is 314 g/mol. The largest absolute Gasteiger partial charge is 0.337 e. The molecular formula is C20H29N3O2. The zero-order valence-electron chi connectivity index (χ0n) is 15.6. The fourth-order valence-electron chi connectivity index (χ4n) is 3.61. The maximum atomic E-state index is 12.9. The molecule has 0 aromatic heterocycles. The van der Waals surface area contributed by atoms with Crippen LogP contribution < -0.4 is 5.32 Å². The highest BCUT2D eigenvalue weighted by Gasteiger charge is 2.25. The maximum absolute atomic E-state index is 12.9. The molecule has 1 aromatic rings. The van der Waals surface area contributed by atoms with Crippen molar-refractivity contribution in [1.82, 2.24) is 15.1 Å². The van der Waals surface area contributed by atoms with E-state index in [1.807, 2.05) is 36.6 Å². The summed E-state index contributed by atoms with van der Waals surface area (Å²) in [7, 11) is 0. The summed E-state index contributed by atoms with van der Waals surface area (Å²) in [6, 6.07) is 6.09. The quantitative estimate of drug-likeness (QED) is 0.852. The van der Waals surface area contributed by atoms with Gasteiger partial charge in [0.15, 0.2) is 0 Å². The van der Waals surface area contributed by atoms with Gasteiger partial charge in [0.25, 0.3) is 5.91 Å². The molecule has 1 heterocycles. The number of amides is 3. The number of rotatable bonds is 1. The zero-order valence-corrected chi connectivity index (χ0v) is 15.6. The van der Waals surface area contributed by atoms with Crippen LogP contribution in [-0.4, -0.2) is 53.5 Å². The minimum absolute atomic E-state index is 0.0423. The van der Waals surface area contributed by atoms with E-state index >= 15 is 0 Å². The predicted octanol–water partition coefficient (Wildman–Crippen LogP) is 2.83. The summed E-state index contributed by atoms with van der Waals surface area (Å²) in [5.41, 5.74) is 3.25. The SMILES string of the molecule is CC(C)(C)NC(=O)N1CCCN(C(=O)c2ccc3c(c2)CCC3)CC1. The van der Waals surface area contributed by atoms with E-state index in [1.54, 1.807) is 0 Å². The number of carbonyl (C=O) groups excluding carboxylic acids is 2. The lowest BCUT2D eigenvalue weighted by Crippen LogP contribution is -2.49. The van der Waals surface area contributed by atoms with Gasteiger partial charge in [-0.05, 0) is 69.7 Å². The van der Waals surface area contributed by atoms with Gasteiger partial charge >= 0.3 is 6.03 Å². The van der Waals surface area contributed by atoms with E-state index < -0.39 is 0 Å². The van der Waals surface area contributed by atoms with E-state index in [1.165, 1.54) is 17.5 Å². The number of carbonyl (C=O) groups is 2.